The maximum atomic E-state index is 3.79. The van der Waals surface area contributed by atoms with E-state index in [4.69, 9.17) is 0 Å². The first-order valence-electron chi connectivity index (χ1n) is 5.15. The smallest absolute Gasteiger partial charge is 0.0749 e. The number of benzene rings is 1. The molecule has 0 aliphatic rings. The van der Waals surface area contributed by atoms with E-state index < -0.39 is 0 Å². The highest BCUT2D eigenvalue weighted by atomic mass is 79.9. The third kappa shape index (κ3) is 3.03. The molecule has 2 rings (SSSR count). The molecule has 0 saturated heterocycles. The molecule has 0 nitrogen and oxygen atoms in total. The molecule has 4 heteroatoms. The molecule has 2 aromatic rings. The number of halogens is 3. The van der Waals surface area contributed by atoms with Crippen molar-refractivity contribution >= 4 is 59.1 Å². The van der Waals surface area contributed by atoms with Gasteiger partial charge in [-0.1, -0.05) is 47.8 Å². The Hall–Kier alpha value is 0.360. The van der Waals surface area contributed by atoms with E-state index in [0.717, 1.165) is 8.95 Å². The molecule has 0 aliphatic heterocycles. The molecule has 0 bridgehead atoms. The Morgan fingerprint density at radius 2 is 1.82 bits per heavy atom. The van der Waals surface area contributed by atoms with Gasteiger partial charge in [0.25, 0.3) is 0 Å². The zero-order valence-electron chi connectivity index (χ0n) is 9.43. The second-order valence-corrected chi connectivity index (χ2v) is 7.89. The molecule has 1 aromatic heterocycles. The van der Waals surface area contributed by atoms with E-state index >= 15 is 0 Å². The molecule has 0 spiro atoms. The standard InChI is InChI=1S/C13H11Br3S/c1-7-5-12(17-8(7)2)13(16)10-6-9(14)3-4-11(10)15/h3-6,13H,1-2H3. The molecule has 1 atom stereocenters. The van der Waals surface area contributed by atoms with Crippen LogP contribution in [0.3, 0.4) is 0 Å². The first kappa shape index (κ1) is 13.8. The van der Waals surface area contributed by atoms with Gasteiger partial charge in [0.05, 0.1) is 4.83 Å². The van der Waals surface area contributed by atoms with E-state index in [1.165, 1.54) is 20.9 Å². The fourth-order valence-electron chi connectivity index (χ4n) is 1.59. The topological polar surface area (TPSA) is 0 Å². The van der Waals surface area contributed by atoms with E-state index in [1.807, 2.05) is 17.4 Å². The molecule has 1 aromatic carbocycles. The summed E-state index contributed by atoms with van der Waals surface area (Å²) in [6.45, 7) is 4.32. The largest absolute Gasteiger partial charge is 0.144 e. The lowest BCUT2D eigenvalue weighted by molar-refractivity contribution is 1.20. The van der Waals surface area contributed by atoms with Gasteiger partial charge in [-0.15, -0.1) is 11.3 Å². The Labute approximate surface area is 131 Å². The SMILES string of the molecule is Cc1cc(C(Br)c2cc(Br)ccc2Br)sc1C. The quantitative estimate of drug-likeness (QED) is 0.477. The number of hydrogen-bond acceptors (Lipinski definition) is 1. The zero-order chi connectivity index (χ0) is 12.6. The van der Waals surface area contributed by atoms with Gasteiger partial charge < -0.3 is 0 Å². The summed E-state index contributed by atoms with van der Waals surface area (Å²) in [7, 11) is 0. The maximum Gasteiger partial charge on any atom is 0.0749 e. The van der Waals surface area contributed by atoms with Crippen molar-refractivity contribution in [2.75, 3.05) is 0 Å². The van der Waals surface area contributed by atoms with E-state index in [1.54, 1.807) is 0 Å². The van der Waals surface area contributed by atoms with Crippen LogP contribution in [0.5, 0.6) is 0 Å². The molecule has 0 aliphatic carbocycles. The maximum absolute atomic E-state index is 3.79. The number of hydrogen-bond donors (Lipinski definition) is 0. The second kappa shape index (κ2) is 5.55. The lowest BCUT2D eigenvalue weighted by atomic mass is 10.1. The third-order valence-corrected chi connectivity index (χ3v) is 6.39. The molecule has 0 saturated carbocycles. The molecule has 1 heterocycles. The Kier molecular flexibility index (Phi) is 4.50. The van der Waals surface area contributed by atoms with Crippen LogP contribution in [0.4, 0.5) is 0 Å². The van der Waals surface area contributed by atoms with E-state index in [2.05, 4.69) is 79.8 Å². The summed E-state index contributed by atoms with van der Waals surface area (Å²) >= 11 is 12.8. The average molecular weight is 439 g/mol. The minimum absolute atomic E-state index is 0.242. The van der Waals surface area contributed by atoms with Crippen molar-refractivity contribution in [1.29, 1.82) is 0 Å². The van der Waals surface area contributed by atoms with Gasteiger partial charge in [-0.05, 0) is 49.2 Å². The number of rotatable bonds is 2. The van der Waals surface area contributed by atoms with Gasteiger partial charge in [-0.2, -0.15) is 0 Å². The molecule has 0 N–H and O–H groups in total. The summed E-state index contributed by atoms with van der Waals surface area (Å²) in [5.41, 5.74) is 2.61. The van der Waals surface area contributed by atoms with Gasteiger partial charge in [0.2, 0.25) is 0 Å². The van der Waals surface area contributed by atoms with Crippen molar-refractivity contribution < 1.29 is 0 Å². The van der Waals surface area contributed by atoms with Crippen LogP contribution in [0.25, 0.3) is 0 Å². The summed E-state index contributed by atoms with van der Waals surface area (Å²) in [6, 6.07) is 8.51. The van der Waals surface area contributed by atoms with Gasteiger partial charge >= 0.3 is 0 Å². The highest BCUT2D eigenvalue weighted by molar-refractivity contribution is 9.11. The van der Waals surface area contributed by atoms with Crippen molar-refractivity contribution in [3.05, 3.63) is 54.1 Å². The van der Waals surface area contributed by atoms with Crippen LogP contribution >= 0.6 is 59.1 Å². The molecule has 0 amide bonds. The number of alkyl halides is 1. The van der Waals surface area contributed by atoms with Crippen molar-refractivity contribution in [2.24, 2.45) is 0 Å². The molecule has 0 fully saturated rings. The van der Waals surface area contributed by atoms with E-state index in [0.29, 0.717) is 0 Å². The lowest BCUT2D eigenvalue weighted by Crippen LogP contribution is -1.91. The van der Waals surface area contributed by atoms with Crippen LogP contribution in [0.1, 0.15) is 25.7 Å². The Bertz CT molecular complexity index is 526. The summed E-state index contributed by atoms with van der Waals surface area (Å²) < 4.78 is 2.23. The summed E-state index contributed by atoms with van der Waals surface area (Å²) in [6.07, 6.45) is 0. The Morgan fingerprint density at radius 3 is 2.41 bits per heavy atom. The van der Waals surface area contributed by atoms with E-state index in [-0.39, 0.29) is 4.83 Å². The van der Waals surface area contributed by atoms with Crippen LogP contribution in [0, 0.1) is 13.8 Å². The van der Waals surface area contributed by atoms with Crippen LogP contribution in [-0.4, -0.2) is 0 Å². The highest BCUT2D eigenvalue weighted by Crippen LogP contribution is 2.40. The second-order valence-electron chi connectivity index (χ2n) is 3.92. The lowest BCUT2D eigenvalue weighted by Gasteiger charge is -2.11. The molecular weight excluding hydrogens is 428 g/mol. The van der Waals surface area contributed by atoms with Crippen LogP contribution in [-0.2, 0) is 0 Å². The highest BCUT2D eigenvalue weighted by Gasteiger charge is 2.16. The van der Waals surface area contributed by atoms with Crippen LogP contribution < -0.4 is 0 Å². The Balaban J connectivity index is 2.42. The predicted octanol–water partition coefficient (Wildman–Crippen LogP) is 6.37. The fraction of sp³-hybridized carbons (Fsp3) is 0.231. The molecule has 90 valence electrons. The molecular formula is C13H11Br3S. The summed E-state index contributed by atoms with van der Waals surface area (Å²) in [4.78, 5) is 2.97. The first-order valence-corrected chi connectivity index (χ1v) is 8.47. The normalized spacial score (nSPS) is 12.8. The van der Waals surface area contributed by atoms with E-state index in [9.17, 15) is 0 Å². The first-order chi connectivity index (χ1) is 7.99. The van der Waals surface area contributed by atoms with Crippen LogP contribution in [0.15, 0.2) is 33.2 Å². The van der Waals surface area contributed by atoms with Crippen LogP contribution in [0.2, 0.25) is 0 Å². The number of aryl methyl sites for hydroxylation is 2. The molecule has 17 heavy (non-hydrogen) atoms. The minimum Gasteiger partial charge on any atom is -0.144 e. The monoisotopic (exact) mass is 436 g/mol. The summed E-state index contributed by atoms with van der Waals surface area (Å²) in [5.74, 6) is 0. The average Bonchev–Trinajstić information content (AvgIpc) is 2.62. The molecule has 0 radical (unpaired) electrons. The van der Waals surface area contributed by atoms with Gasteiger partial charge in [-0.3, -0.25) is 0 Å². The summed E-state index contributed by atoms with van der Waals surface area (Å²) in [5, 5.41) is 0. The van der Waals surface area contributed by atoms with Gasteiger partial charge in [0, 0.05) is 18.7 Å². The van der Waals surface area contributed by atoms with Crippen molar-refractivity contribution in [1.82, 2.24) is 0 Å². The molecule has 1 unspecified atom stereocenters. The van der Waals surface area contributed by atoms with Crippen molar-refractivity contribution in [3.63, 3.8) is 0 Å². The predicted molar refractivity (Wildman–Crippen MR) is 86.4 cm³/mol. The van der Waals surface area contributed by atoms with Gasteiger partial charge in [0.15, 0.2) is 0 Å². The number of thiophene rings is 1. The van der Waals surface area contributed by atoms with Crippen molar-refractivity contribution in [2.45, 2.75) is 18.7 Å². The fourth-order valence-corrected chi connectivity index (χ4v) is 4.58. The Morgan fingerprint density at radius 1 is 1.12 bits per heavy atom. The van der Waals surface area contributed by atoms with Gasteiger partial charge in [0.1, 0.15) is 0 Å². The minimum atomic E-state index is 0.242. The van der Waals surface area contributed by atoms with Crippen molar-refractivity contribution in [3.8, 4) is 0 Å². The third-order valence-electron chi connectivity index (χ3n) is 2.67. The zero-order valence-corrected chi connectivity index (χ0v) is 15.0. The van der Waals surface area contributed by atoms with Gasteiger partial charge in [-0.25, -0.2) is 0 Å².